The summed E-state index contributed by atoms with van der Waals surface area (Å²) in [6.45, 7) is 5.68. The predicted octanol–water partition coefficient (Wildman–Crippen LogP) is 3.60. The number of hydrogen-bond donors (Lipinski definition) is 2. The Morgan fingerprint density at radius 1 is 1.28 bits per heavy atom. The number of aromatic nitrogens is 2. The molecule has 3 rings (SSSR count). The number of esters is 1. The molecular weight excluding hydrogens is 388 g/mol. The summed E-state index contributed by atoms with van der Waals surface area (Å²) >= 11 is 1.41. The molecule has 0 atom stereocenters. The van der Waals surface area contributed by atoms with Gasteiger partial charge < -0.3 is 9.72 Å². The Labute approximate surface area is 172 Å². The van der Waals surface area contributed by atoms with Gasteiger partial charge in [-0.25, -0.2) is 10.2 Å². The van der Waals surface area contributed by atoms with Gasteiger partial charge in [-0.1, -0.05) is 18.2 Å². The number of benzene rings is 1. The molecule has 150 valence electrons. The molecule has 0 saturated carbocycles. The summed E-state index contributed by atoms with van der Waals surface area (Å²) in [5.74, 6) is -0.391. The number of aromatic amines is 1. The lowest BCUT2D eigenvalue weighted by molar-refractivity contribution is -0.118. The summed E-state index contributed by atoms with van der Waals surface area (Å²) in [7, 11) is 0. The average molecular weight is 410 g/mol. The fourth-order valence-electron chi connectivity index (χ4n) is 2.95. The highest BCUT2D eigenvalue weighted by Crippen LogP contribution is 2.25. The highest BCUT2D eigenvalue weighted by atomic mass is 32.2. The van der Waals surface area contributed by atoms with E-state index in [0.29, 0.717) is 23.6 Å². The molecule has 0 aliphatic heterocycles. The van der Waals surface area contributed by atoms with E-state index in [2.05, 4.69) is 20.5 Å². The molecule has 0 unspecified atom stereocenters. The number of hydrogen-bond acceptors (Lipinski definition) is 6. The van der Waals surface area contributed by atoms with Crippen LogP contribution in [0.15, 0.2) is 46.5 Å². The summed E-state index contributed by atoms with van der Waals surface area (Å²) < 4.78 is 5.07. The molecular formula is C21H22N4O3S. The number of carbonyl (C=O) groups excluding carboxylic acids is 2. The Hall–Kier alpha value is -3.13. The van der Waals surface area contributed by atoms with E-state index in [0.717, 1.165) is 21.4 Å². The van der Waals surface area contributed by atoms with Gasteiger partial charge in [-0.15, -0.1) is 11.8 Å². The third-order valence-corrected chi connectivity index (χ3v) is 5.34. The van der Waals surface area contributed by atoms with Crippen LogP contribution in [-0.2, 0) is 9.53 Å². The van der Waals surface area contributed by atoms with E-state index in [1.807, 2.05) is 37.3 Å². The van der Waals surface area contributed by atoms with Crippen LogP contribution in [0.25, 0.3) is 10.9 Å². The predicted molar refractivity (Wildman–Crippen MR) is 114 cm³/mol. The number of H-pyrrole nitrogens is 1. The van der Waals surface area contributed by atoms with Gasteiger partial charge >= 0.3 is 5.97 Å². The minimum atomic E-state index is -0.373. The molecule has 0 aliphatic carbocycles. The van der Waals surface area contributed by atoms with Gasteiger partial charge in [0.1, 0.15) is 0 Å². The van der Waals surface area contributed by atoms with Crippen LogP contribution in [0, 0.1) is 13.8 Å². The Balaban J connectivity index is 1.60. The van der Waals surface area contributed by atoms with E-state index in [1.165, 1.54) is 18.0 Å². The number of hydrazone groups is 1. The van der Waals surface area contributed by atoms with E-state index in [9.17, 15) is 9.59 Å². The number of nitrogens with one attached hydrogen (secondary N) is 2. The van der Waals surface area contributed by atoms with Gasteiger partial charge in [0, 0.05) is 22.2 Å². The molecule has 3 aromatic rings. The van der Waals surface area contributed by atoms with Crippen molar-refractivity contribution in [2.75, 3.05) is 12.4 Å². The number of thioether (sulfide) groups is 1. The summed E-state index contributed by atoms with van der Waals surface area (Å²) in [6.07, 6.45) is 3.23. The average Bonchev–Trinajstić information content (AvgIpc) is 2.99. The molecule has 7 nitrogen and oxygen atoms in total. The van der Waals surface area contributed by atoms with E-state index in [4.69, 9.17) is 4.74 Å². The fourth-order valence-corrected chi connectivity index (χ4v) is 3.78. The number of fused-ring (bicyclic) bond motifs is 1. The zero-order chi connectivity index (χ0) is 20.8. The van der Waals surface area contributed by atoms with Gasteiger partial charge in [0.15, 0.2) is 0 Å². The monoisotopic (exact) mass is 410 g/mol. The quantitative estimate of drug-likeness (QED) is 0.268. The second-order valence-electron chi connectivity index (χ2n) is 6.30. The van der Waals surface area contributed by atoms with Crippen molar-refractivity contribution in [2.45, 2.75) is 25.7 Å². The zero-order valence-corrected chi connectivity index (χ0v) is 17.3. The number of ether oxygens (including phenoxy) is 1. The van der Waals surface area contributed by atoms with E-state index in [1.54, 1.807) is 20.0 Å². The maximum absolute atomic E-state index is 12.1. The molecule has 2 heterocycles. The topological polar surface area (TPSA) is 96.4 Å². The molecule has 2 N–H and O–H groups in total. The molecule has 1 amide bonds. The van der Waals surface area contributed by atoms with Gasteiger partial charge in [-0.2, -0.15) is 5.10 Å². The molecule has 0 bridgehead atoms. The Kier molecular flexibility index (Phi) is 6.66. The van der Waals surface area contributed by atoms with Crippen LogP contribution in [0.1, 0.15) is 34.2 Å². The van der Waals surface area contributed by atoms with Crippen LogP contribution in [0.5, 0.6) is 0 Å². The molecule has 0 spiro atoms. The van der Waals surface area contributed by atoms with Crippen LogP contribution in [0.2, 0.25) is 0 Å². The lowest BCUT2D eigenvalue weighted by Gasteiger charge is -2.04. The first-order chi connectivity index (χ1) is 14.0. The van der Waals surface area contributed by atoms with Gasteiger partial charge in [0.05, 0.1) is 35.3 Å². The summed E-state index contributed by atoms with van der Waals surface area (Å²) in [6, 6.07) is 9.75. The maximum Gasteiger partial charge on any atom is 0.340 e. The number of rotatable bonds is 7. The van der Waals surface area contributed by atoms with Crippen LogP contribution in [-0.4, -0.2) is 40.4 Å². The lowest BCUT2D eigenvalue weighted by atomic mass is 10.1. The molecule has 8 heteroatoms. The van der Waals surface area contributed by atoms with E-state index >= 15 is 0 Å². The summed E-state index contributed by atoms with van der Waals surface area (Å²) in [5.41, 5.74) is 5.97. The minimum Gasteiger partial charge on any atom is -0.462 e. The van der Waals surface area contributed by atoms with Crippen LogP contribution in [0.3, 0.4) is 0 Å². The molecule has 2 aromatic heterocycles. The van der Waals surface area contributed by atoms with Crippen LogP contribution in [0.4, 0.5) is 0 Å². The Morgan fingerprint density at radius 3 is 2.86 bits per heavy atom. The summed E-state index contributed by atoms with van der Waals surface area (Å²) in [5, 5.41) is 5.03. The number of carbonyl (C=O) groups is 2. The van der Waals surface area contributed by atoms with Gasteiger partial charge in [-0.05, 0) is 38.5 Å². The van der Waals surface area contributed by atoms with Crippen molar-refractivity contribution < 1.29 is 14.3 Å². The first kappa shape index (κ1) is 20.6. The normalized spacial score (nSPS) is 11.1. The minimum absolute atomic E-state index is 0.212. The molecule has 0 fully saturated rings. The highest BCUT2D eigenvalue weighted by Gasteiger charge is 2.18. The van der Waals surface area contributed by atoms with Crippen molar-refractivity contribution in [3.05, 3.63) is 59.0 Å². The second kappa shape index (κ2) is 9.38. The van der Waals surface area contributed by atoms with E-state index < -0.39 is 0 Å². The summed E-state index contributed by atoms with van der Waals surface area (Å²) in [4.78, 5) is 32.6. The first-order valence-corrected chi connectivity index (χ1v) is 10.1. The van der Waals surface area contributed by atoms with Gasteiger partial charge in [0.25, 0.3) is 0 Å². The number of aryl methyl sites for hydroxylation is 1. The second-order valence-corrected chi connectivity index (χ2v) is 7.31. The molecule has 0 saturated heterocycles. The fraction of sp³-hybridized carbons (Fsp3) is 0.238. The van der Waals surface area contributed by atoms with Crippen molar-refractivity contribution in [3.8, 4) is 0 Å². The van der Waals surface area contributed by atoms with Crippen LogP contribution >= 0.6 is 11.8 Å². The number of pyridine rings is 1. The van der Waals surface area contributed by atoms with Crippen molar-refractivity contribution in [3.63, 3.8) is 0 Å². The third kappa shape index (κ3) is 4.83. The van der Waals surface area contributed by atoms with Gasteiger partial charge in [0.2, 0.25) is 5.91 Å². The van der Waals surface area contributed by atoms with Crippen molar-refractivity contribution in [1.29, 1.82) is 0 Å². The smallest absolute Gasteiger partial charge is 0.340 e. The molecule has 0 radical (unpaired) electrons. The Bertz CT molecular complexity index is 1070. The molecule has 1 aromatic carbocycles. The largest absolute Gasteiger partial charge is 0.462 e. The highest BCUT2D eigenvalue weighted by molar-refractivity contribution is 8.00. The molecule has 29 heavy (non-hydrogen) atoms. The van der Waals surface area contributed by atoms with Crippen molar-refractivity contribution in [2.24, 2.45) is 5.10 Å². The SMILES string of the molecule is CCOC(=O)c1c(C)[nH]c(/C=N/NC(=O)CSc2cccc3cccnc23)c1C. The van der Waals surface area contributed by atoms with Crippen molar-refractivity contribution in [1.82, 2.24) is 15.4 Å². The standard InChI is InChI=1S/C21H22N4O3S/c1-4-28-21(27)19-13(2)16(24-14(19)3)11-23-25-18(26)12-29-17-9-5-7-15-8-6-10-22-20(15)17/h5-11,24H,4,12H2,1-3H3,(H,25,26)/b23-11+. The number of amides is 1. The molecule has 0 aliphatic rings. The lowest BCUT2D eigenvalue weighted by Crippen LogP contribution is -2.19. The van der Waals surface area contributed by atoms with Gasteiger partial charge in [-0.3, -0.25) is 9.78 Å². The van der Waals surface area contributed by atoms with E-state index in [-0.39, 0.29) is 17.6 Å². The Morgan fingerprint density at radius 2 is 2.07 bits per heavy atom. The number of nitrogens with zero attached hydrogens (tertiary/aromatic N) is 2. The number of para-hydroxylation sites is 1. The maximum atomic E-state index is 12.1. The zero-order valence-electron chi connectivity index (χ0n) is 16.5. The third-order valence-electron chi connectivity index (χ3n) is 4.29. The van der Waals surface area contributed by atoms with Crippen LogP contribution < -0.4 is 5.43 Å². The first-order valence-electron chi connectivity index (χ1n) is 9.16. The van der Waals surface area contributed by atoms with Crippen molar-refractivity contribution >= 4 is 40.8 Å².